The smallest absolute Gasteiger partial charge is 0.338 e. The summed E-state index contributed by atoms with van der Waals surface area (Å²) in [6.07, 6.45) is 6.66. The molecule has 0 amide bonds. The second kappa shape index (κ2) is 5.97. The molecule has 1 aromatic rings. The fourth-order valence-electron chi connectivity index (χ4n) is 1.31. The molecule has 84 valence electrons. The lowest BCUT2D eigenvalue weighted by Crippen LogP contribution is -2.11. The van der Waals surface area contributed by atoms with Crippen LogP contribution in [0.15, 0.2) is 24.3 Å². The van der Waals surface area contributed by atoms with Gasteiger partial charge in [-0.15, -0.1) is 12.3 Å². The second-order valence-electron chi connectivity index (χ2n) is 3.86. The first-order chi connectivity index (χ1) is 7.63. The van der Waals surface area contributed by atoms with Gasteiger partial charge in [-0.05, 0) is 38.0 Å². The number of aryl methyl sites for hydroxylation is 1. The van der Waals surface area contributed by atoms with Gasteiger partial charge in [0.25, 0.3) is 0 Å². The van der Waals surface area contributed by atoms with Crippen molar-refractivity contribution < 1.29 is 9.53 Å². The standard InChI is InChI=1S/C14H16O2/c1-4-5-6-12-7-9-13(10-8-12)14(15)16-11(2)3/h1,7-11H,5-6H2,2-3H3. The maximum Gasteiger partial charge on any atom is 0.338 e. The van der Waals surface area contributed by atoms with Crippen molar-refractivity contribution in [1.29, 1.82) is 0 Å². The van der Waals surface area contributed by atoms with Gasteiger partial charge in [0.2, 0.25) is 0 Å². The van der Waals surface area contributed by atoms with E-state index in [2.05, 4.69) is 5.92 Å². The van der Waals surface area contributed by atoms with Gasteiger partial charge in [-0.1, -0.05) is 12.1 Å². The van der Waals surface area contributed by atoms with Crippen molar-refractivity contribution in [3.63, 3.8) is 0 Å². The van der Waals surface area contributed by atoms with Crippen molar-refractivity contribution in [2.45, 2.75) is 32.8 Å². The molecule has 2 nitrogen and oxygen atoms in total. The number of ether oxygens (including phenoxy) is 1. The van der Waals surface area contributed by atoms with Crippen LogP contribution < -0.4 is 0 Å². The van der Waals surface area contributed by atoms with Gasteiger partial charge in [-0.25, -0.2) is 4.79 Å². The van der Waals surface area contributed by atoms with E-state index in [9.17, 15) is 4.79 Å². The molecule has 2 heteroatoms. The molecule has 0 aliphatic heterocycles. The van der Waals surface area contributed by atoms with Crippen LogP contribution in [0.25, 0.3) is 0 Å². The molecule has 0 spiro atoms. The zero-order valence-electron chi connectivity index (χ0n) is 9.69. The van der Waals surface area contributed by atoms with E-state index in [1.165, 1.54) is 0 Å². The number of hydrogen-bond donors (Lipinski definition) is 0. The van der Waals surface area contributed by atoms with Gasteiger partial charge in [0.05, 0.1) is 11.7 Å². The van der Waals surface area contributed by atoms with Crippen molar-refractivity contribution in [2.24, 2.45) is 0 Å². The number of carbonyl (C=O) groups excluding carboxylic acids is 1. The quantitative estimate of drug-likeness (QED) is 0.571. The molecule has 0 aliphatic carbocycles. The summed E-state index contributed by atoms with van der Waals surface area (Å²) in [5, 5.41) is 0. The molecule has 0 N–H and O–H groups in total. The summed E-state index contributed by atoms with van der Waals surface area (Å²) < 4.78 is 5.09. The second-order valence-corrected chi connectivity index (χ2v) is 3.86. The van der Waals surface area contributed by atoms with E-state index in [1.54, 1.807) is 12.1 Å². The molecule has 1 aromatic carbocycles. The molecule has 0 fully saturated rings. The minimum absolute atomic E-state index is 0.0892. The minimum Gasteiger partial charge on any atom is -0.459 e. The Bertz CT molecular complexity index is 382. The van der Waals surface area contributed by atoms with E-state index in [0.29, 0.717) is 5.56 Å². The number of esters is 1. The summed E-state index contributed by atoms with van der Waals surface area (Å²) in [5.74, 6) is 2.31. The Hall–Kier alpha value is -1.75. The summed E-state index contributed by atoms with van der Waals surface area (Å²) in [5.41, 5.74) is 1.72. The van der Waals surface area contributed by atoms with Crippen LogP contribution in [0.3, 0.4) is 0 Å². The van der Waals surface area contributed by atoms with Gasteiger partial charge < -0.3 is 4.74 Å². The van der Waals surface area contributed by atoms with Crippen LogP contribution in [0.1, 0.15) is 36.2 Å². The number of rotatable bonds is 4. The maximum atomic E-state index is 11.5. The molecule has 0 aromatic heterocycles. The first-order valence-electron chi connectivity index (χ1n) is 5.37. The number of terminal acetylenes is 1. The summed E-state index contributed by atoms with van der Waals surface area (Å²) in [7, 11) is 0. The van der Waals surface area contributed by atoms with Crippen LogP contribution in [0.2, 0.25) is 0 Å². The van der Waals surface area contributed by atoms with Crippen LogP contribution in [0, 0.1) is 12.3 Å². The van der Waals surface area contributed by atoms with Crippen molar-refractivity contribution >= 4 is 5.97 Å². The molecular weight excluding hydrogens is 200 g/mol. The van der Waals surface area contributed by atoms with Crippen LogP contribution >= 0.6 is 0 Å². The lowest BCUT2D eigenvalue weighted by Gasteiger charge is -2.08. The van der Waals surface area contributed by atoms with Gasteiger partial charge >= 0.3 is 5.97 Å². The van der Waals surface area contributed by atoms with Gasteiger partial charge in [0.1, 0.15) is 0 Å². The molecule has 0 saturated heterocycles. The summed E-state index contributed by atoms with van der Waals surface area (Å²) >= 11 is 0. The van der Waals surface area contributed by atoms with Gasteiger partial charge in [-0.2, -0.15) is 0 Å². The lowest BCUT2D eigenvalue weighted by molar-refractivity contribution is 0.0378. The number of carbonyl (C=O) groups is 1. The Morgan fingerprint density at radius 3 is 2.50 bits per heavy atom. The van der Waals surface area contributed by atoms with Gasteiger partial charge in [0, 0.05) is 6.42 Å². The SMILES string of the molecule is C#CCCc1ccc(C(=O)OC(C)C)cc1. The Morgan fingerprint density at radius 2 is 2.00 bits per heavy atom. The monoisotopic (exact) mass is 216 g/mol. The van der Waals surface area contributed by atoms with Crippen molar-refractivity contribution in [2.75, 3.05) is 0 Å². The maximum absolute atomic E-state index is 11.5. The minimum atomic E-state index is -0.279. The highest BCUT2D eigenvalue weighted by atomic mass is 16.5. The van der Waals surface area contributed by atoms with Crippen molar-refractivity contribution in [1.82, 2.24) is 0 Å². The van der Waals surface area contributed by atoms with E-state index in [1.807, 2.05) is 26.0 Å². The average Bonchev–Trinajstić information content (AvgIpc) is 2.26. The number of benzene rings is 1. The average molecular weight is 216 g/mol. The highest BCUT2D eigenvalue weighted by Crippen LogP contribution is 2.08. The third kappa shape index (κ3) is 3.78. The highest BCUT2D eigenvalue weighted by Gasteiger charge is 2.08. The molecule has 0 heterocycles. The first kappa shape index (κ1) is 12.3. The van der Waals surface area contributed by atoms with E-state index in [0.717, 1.165) is 18.4 Å². The zero-order chi connectivity index (χ0) is 12.0. The first-order valence-corrected chi connectivity index (χ1v) is 5.37. The van der Waals surface area contributed by atoms with E-state index in [-0.39, 0.29) is 12.1 Å². The van der Waals surface area contributed by atoms with E-state index < -0.39 is 0 Å². The van der Waals surface area contributed by atoms with Crippen LogP contribution in [0.4, 0.5) is 0 Å². The normalized spacial score (nSPS) is 9.88. The predicted octanol–water partition coefficient (Wildman–Crippen LogP) is 2.82. The zero-order valence-corrected chi connectivity index (χ0v) is 9.69. The highest BCUT2D eigenvalue weighted by molar-refractivity contribution is 5.89. The van der Waals surface area contributed by atoms with Crippen LogP contribution in [0.5, 0.6) is 0 Å². The Balaban J connectivity index is 2.64. The number of hydrogen-bond acceptors (Lipinski definition) is 2. The van der Waals surface area contributed by atoms with Crippen LogP contribution in [-0.2, 0) is 11.2 Å². The third-order valence-electron chi connectivity index (χ3n) is 2.09. The van der Waals surface area contributed by atoms with E-state index in [4.69, 9.17) is 11.2 Å². The molecular formula is C14H16O2. The Labute approximate surface area is 96.6 Å². The van der Waals surface area contributed by atoms with Gasteiger partial charge in [-0.3, -0.25) is 0 Å². The van der Waals surface area contributed by atoms with Gasteiger partial charge in [0.15, 0.2) is 0 Å². The summed E-state index contributed by atoms with van der Waals surface area (Å²) in [4.78, 5) is 11.5. The Morgan fingerprint density at radius 1 is 1.38 bits per heavy atom. The molecule has 1 rings (SSSR count). The fraction of sp³-hybridized carbons (Fsp3) is 0.357. The largest absolute Gasteiger partial charge is 0.459 e. The molecule has 0 bridgehead atoms. The third-order valence-corrected chi connectivity index (χ3v) is 2.09. The van der Waals surface area contributed by atoms with Crippen LogP contribution in [-0.4, -0.2) is 12.1 Å². The molecule has 0 unspecified atom stereocenters. The van der Waals surface area contributed by atoms with Crippen molar-refractivity contribution in [3.8, 4) is 12.3 Å². The lowest BCUT2D eigenvalue weighted by atomic mass is 10.1. The summed E-state index contributed by atoms with van der Waals surface area (Å²) in [6.45, 7) is 3.67. The summed E-state index contributed by atoms with van der Waals surface area (Å²) in [6, 6.07) is 7.37. The molecule has 0 radical (unpaired) electrons. The molecule has 0 aliphatic rings. The van der Waals surface area contributed by atoms with E-state index >= 15 is 0 Å². The molecule has 0 saturated carbocycles. The fourth-order valence-corrected chi connectivity index (χ4v) is 1.31. The molecule has 0 atom stereocenters. The topological polar surface area (TPSA) is 26.3 Å². The molecule has 16 heavy (non-hydrogen) atoms. The predicted molar refractivity (Wildman–Crippen MR) is 64.1 cm³/mol. The van der Waals surface area contributed by atoms with Crippen molar-refractivity contribution in [3.05, 3.63) is 35.4 Å². The Kier molecular flexibility index (Phi) is 4.60.